The standard InChI is InChI=1S/C28H37N5O9.2ClH/c1-32(2)16-10-15(31-17(34)11-30-6-7-42-5)22(35)19-13(16)8-12-9-14-21(33(3)4)24(37)20(27(29)40)26(39)28(14,41)25(38)18(12)23(19)36;;/h10,12,14,21,30,35,37-38,41H,6-9,11H2,1-5H3,(H2,29,40)(H,31,34);2*1H/t12?,14?,21-,28-;;/m0../s1. The summed E-state index contributed by atoms with van der Waals surface area (Å²) in [5.41, 5.74) is 2.24. The zero-order valence-corrected chi connectivity index (χ0v) is 26.6. The Balaban J connectivity index is 0.00000337. The Labute approximate surface area is 266 Å². The number of likely N-dealkylation sites (N-methyl/N-ethyl adjacent to an activating group) is 1. The van der Waals surface area contributed by atoms with Crippen molar-refractivity contribution in [2.45, 2.75) is 24.5 Å². The number of rotatable bonds is 9. The normalized spacial score (nSPS) is 24.1. The molecule has 0 bridgehead atoms. The average Bonchev–Trinajstić information content (AvgIpc) is 2.89. The van der Waals surface area contributed by atoms with Gasteiger partial charge < -0.3 is 46.4 Å². The molecule has 0 fully saturated rings. The maximum Gasteiger partial charge on any atom is 0.255 e. The number of nitrogens with zero attached hydrogens (tertiary/aromatic N) is 2. The van der Waals surface area contributed by atoms with Crippen LogP contribution in [-0.2, 0) is 25.5 Å². The van der Waals surface area contributed by atoms with Gasteiger partial charge in [-0.3, -0.25) is 24.1 Å². The first-order valence-corrected chi connectivity index (χ1v) is 13.4. The highest BCUT2D eigenvalue weighted by atomic mass is 35.5. The first kappa shape index (κ1) is 36.8. The molecule has 4 atom stereocenters. The quantitative estimate of drug-likeness (QED) is 0.108. The van der Waals surface area contributed by atoms with Gasteiger partial charge in [0, 0.05) is 44.9 Å². The summed E-state index contributed by atoms with van der Waals surface area (Å²) in [6.45, 7) is 0.709. The van der Waals surface area contributed by atoms with Gasteiger partial charge in [0.2, 0.25) is 11.7 Å². The average molecular weight is 661 g/mol. The number of nitrogens with two attached hydrogens (primary N) is 1. The van der Waals surface area contributed by atoms with E-state index in [4.69, 9.17) is 10.5 Å². The molecular formula is C28H39Cl2N5O9. The van der Waals surface area contributed by atoms with Gasteiger partial charge in [0.1, 0.15) is 17.1 Å². The number of anilines is 2. The second kappa shape index (κ2) is 13.7. The zero-order chi connectivity index (χ0) is 31.3. The van der Waals surface area contributed by atoms with Crippen molar-refractivity contribution < 1.29 is 44.3 Å². The third-order valence-electron chi connectivity index (χ3n) is 8.22. The number of nitrogens with one attached hydrogen (secondary N) is 2. The van der Waals surface area contributed by atoms with E-state index in [1.165, 1.54) is 12.0 Å². The van der Waals surface area contributed by atoms with Crippen molar-refractivity contribution in [1.29, 1.82) is 0 Å². The van der Waals surface area contributed by atoms with E-state index < -0.39 is 69.7 Å². The van der Waals surface area contributed by atoms with Crippen LogP contribution in [0.15, 0.2) is 28.7 Å². The highest BCUT2D eigenvalue weighted by molar-refractivity contribution is 6.25. The fourth-order valence-electron chi connectivity index (χ4n) is 6.36. The highest BCUT2D eigenvalue weighted by Crippen LogP contribution is 2.53. The van der Waals surface area contributed by atoms with Crippen molar-refractivity contribution in [3.8, 4) is 5.75 Å². The van der Waals surface area contributed by atoms with Crippen LogP contribution in [0.25, 0.3) is 0 Å². The van der Waals surface area contributed by atoms with Crippen molar-refractivity contribution in [1.82, 2.24) is 10.2 Å². The van der Waals surface area contributed by atoms with Crippen LogP contribution in [0.5, 0.6) is 5.75 Å². The molecule has 2 unspecified atom stereocenters. The fourth-order valence-corrected chi connectivity index (χ4v) is 6.36. The third-order valence-corrected chi connectivity index (χ3v) is 8.22. The van der Waals surface area contributed by atoms with Crippen LogP contribution in [0.2, 0.25) is 0 Å². The SMILES string of the molecule is COCCNCC(=O)Nc1cc(N(C)C)c2c(c1O)C(=O)C1=C(O)[C@]3(O)C(=O)C(C(N)=O)=C(O)[C@@H](N(C)C)C3CC1C2.Cl.Cl. The number of fused-ring (bicyclic) bond motifs is 3. The number of aliphatic hydroxyl groups excluding tert-OH is 2. The number of benzene rings is 1. The number of phenolic OH excluding ortho intramolecular Hbond substituents is 1. The van der Waals surface area contributed by atoms with Crippen molar-refractivity contribution in [3.63, 3.8) is 0 Å². The molecule has 0 spiro atoms. The lowest BCUT2D eigenvalue weighted by atomic mass is 9.58. The van der Waals surface area contributed by atoms with Gasteiger partial charge in [-0.05, 0) is 44.5 Å². The van der Waals surface area contributed by atoms with Crippen LogP contribution >= 0.6 is 24.8 Å². The summed E-state index contributed by atoms with van der Waals surface area (Å²) >= 11 is 0. The van der Waals surface area contributed by atoms with Crippen molar-refractivity contribution in [3.05, 3.63) is 39.9 Å². The lowest BCUT2D eigenvalue weighted by Crippen LogP contribution is -2.63. The first-order chi connectivity index (χ1) is 19.7. The molecule has 14 nitrogen and oxygen atoms in total. The van der Waals surface area contributed by atoms with Gasteiger partial charge in [-0.2, -0.15) is 0 Å². The maximum absolute atomic E-state index is 14.0. The van der Waals surface area contributed by atoms with Gasteiger partial charge in [0.15, 0.2) is 17.1 Å². The maximum atomic E-state index is 14.0. The number of hydrogen-bond acceptors (Lipinski definition) is 12. The van der Waals surface area contributed by atoms with Gasteiger partial charge in [-0.1, -0.05) is 0 Å². The number of Topliss-reactive ketones (excluding diaryl/α,β-unsaturated/α-hetero) is 2. The summed E-state index contributed by atoms with van der Waals surface area (Å²) in [5, 5.41) is 50.8. The number of carbonyl (C=O) groups is 4. The number of amides is 2. The number of carbonyl (C=O) groups excluding carboxylic acids is 4. The zero-order valence-electron chi connectivity index (χ0n) is 25.0. The highest BCUT2D eigenvalue weighted by Gasteiger charge is 2.63. The van der Waals surface area contributed by atoms with Crippen LogP contribution in [0, 0.1) is 11.8 Å². The van der Waals surface area contributed by atoms with Crippen molar-refractivity contribution in [2.24, 2.45) is 17.6 Å². The van der Waals surface area contributed by atoms with Crippen LogP contribution in [-0.4, -0.2) is 115 Å². The molecule has 244 valence electrons. The topological polar surface area (TPSA) is 215 Å². The Morgan fingerprint density at radius 2 is 1.77 bits per heavy atom. The number of ether oxygens (including phenoxy) is 1. The monoisotopic (exact) mass is 659 g/mol. The molecule has 0 saturated heterocycles. The van der Waals surface area contributed by atoms with Gasteiger partial charge >= 0.3 is 0 Å². The minimum Gasteiger partial charge on any atom is -0.510 e. The summed E-state index contributed by atoms with van der Waals surface area (Å²) < 4.78 is 4.94. The second-order valence-corrected chi connectivity index (χ2v) is 11.2. The molecule has 44 heavy (non-hydrogen) atoms. The third kappa shape index (κ3) is 5.85. The Hall–Kier alpha value is -3.40. The summed E-state index contributed by atoms with van der Waals surface area (Å²) in [4.78, 5) is 55.4. The number of ketones is 2. The summed E-state index contributed by atoms with van der Waals surface area (Å²) in [7, 11) is 8.12. The van der Waals surface area contributed by atoms with E-state index in [9.17, 15) is 39.6 Å². The molecular weight excluding hydrogens is 621 g/mol. The molecule has 4 rings (SSSR count). The van der Waals surface area contributed by atoms with E-state index in [-0.39, 0.29) is 61.0 Å². The van der Waals surface area contributed by atoms with Gasteiger partial charge in [0.05, 0.1) is 30.4 Å². The molecule has 0 aliphatic heterocycles. The van der Waals surface area contributed by atoms with Crippen LogP contribution in [0.4, 0.5) is 11.4 Å². The minimum atomic E-state index is -2.73. The first-order valence-electron chi connectivity index (χ1n) is 13.4. The van der Waals surface area contributed by atoms with Crippen LogP contribution in [0.3, 0.4) is 0 Å². The molecule has 1 aromatic rings. The van der Waals surface area contributed by atoms with Crippen LogP contribution in [0.1, 0.15) is 22.3 Å². The molecule has 0 saturated carbocycles. The lowest BCUT2D eigenvalue weighted by molar-refractivity contribution is -0.148. The smallest absolute Gasteiger partial charge is 0.255 e. The van der Waals surface area contributed by atoms with E-state index in [1.807, 2.05) is 0 Å². The van der Waals surface area contributed by atoms with Gasteiger partial charge in [-0.15, -0.1) is 24.8 Å². The Morgan fingerprint density at radius 1 is 1.14 bits per heavy atom. The van der Waals surface area contributed by atoms with Crippen LogP contribution < -0.4 is 21.3 Å². The Bertz CT molecular complexity index is 1430. The molecule has 0 radical (unpaired) electrons. The molecule has 0 heterocycles. The number of phenols is 1. The van der Waals surface area contributed by atoms with E-state index in [0.717, 1.165) is 0 Å². The van der Waals surface area contributed by atoms with E-state index in [1.54, 1.807) is 39.2 Å². The molecule has 1 aromatic carbocycles. The Kier molecular flexibility index (Phi) is 11.5. The molecule has 3 aliphatic carbocycles. The number of allylic oxidation sites excluding steroid dienone is 1. The van der Waals surface area contributed by atoms with Crippen molar-refractivity contribution in [2.75, 3.05) is 65.2 Å². The number of hydrogen-bond donors (Lipinski definition) is 7. The van der Waals surface area contributed by atoms with Gasteiger partial charge in [-0.25, -0.2) is 0 Å². The number of methoxy groups -OCH3 is 1. The molecule has 16 heteroatoms. The summed E-state index contributed by atoms with van der Waals surface area (Å²) in [6.07, 6.45) is 0.105. The summed E-state index contributed by atoms with van der Waals surface area (Å²) in [5.74, 6) is -7.87. The second-order valence-electron chi connectivity index (χ2n) is 11.2. The van der Waals surface area contributed by atoms with E-state index >= 15 is 0 Å². The number of primary amides is 1. The molecule has 8 N–H and O–H groups in total. The fraction of sp³-hybridized carbons (Fsp3) is 0.500. The molecule has 3 aliphatic rings. The van der Waals surface area contributed by atoms with E-state index in [0.29, 0.717) is 24.4 Å². The van der Waals surface area contributed by atoms with E-state index in [2.05, 4.69) is 10.6 Å². The van der Waals surface area contributed by atoms with Gasteiger partial charge in [0.25, 0.3) is 5.91 Å². The number of halogens is 2. The number of aromatic hydroxyl groups is 1. The Morgan fingerprint density at radius 3 is 2.32 bits per heavy atom. The predicted octanol–water partition coefficient (Wildman–Crippen LogP) is 0.205. The predicted molar refractivity (Wildman–Crippen MR) is 166 cm³/mol. The van der Waals surface area contributed by atoms with Crippen molar-refractivity contribution >= 4 is 59.6 Å². The molecule has 0 aromatic heterocycles. The summed E-state index contributed by atoms with van der Waals surface area (Å²) in [6, 6.07) is 0.468. The lowest BCUT2D eigenvalue weighted by Gasteiger charge is -2.50. The minimum absolute atomic E-state index is 0. The number of aliphatic hydroxyl groups is 3. The molecule has 2 amide bonds. The largest absolute Gasteiger partial charge is 0.510 e.